The molecule has 1 aliphatic carbocycles. The van der Waals surface area contributed by atoms with Gasteiger partial charge in [0.1, 0.15) is 0 Å². The Morgan fingerprint density at radius 1 is 1.29 bits per heavy atom. The molecule has 1 unspecified atom stereocenters. The number of halogens is 2. The molecule has 1 aromatic rings. The van der Waals surface area contributed by atoms with Gasteiger partial charge in [0.05, 0.1) is 10.0 Å². The molecule has 2 rings (SSSR count). The van der Waals surface area contributed by atoms with Crippen LogP contribution in [0, 0.1) is 5.92 Å². The van der Waals surface area contributed by atoms with E-state index in [0.717, 1.165) is 18.9 Å². The van der Waals surface area contributed by atoms with Gasteiger partial charge in [-0.05, 0) is 49.4 Å². The topological polar surface area (TPSA) is 12.0 Å². The Labute approximate surface area is 114 Å². The van der Waals surface area contributed by atoms with E-state index in [4.69, 9.17) is 23.2 Å². The number of benzene rings is 1. The van der Waals surface area contributed by atoms with Gasteiger partial charge in [0.15, 0.2) is 0 Å². The Morgan fingerprint density at radius 2 is 2.06 bits per heavy atom. The predicted molar refractivity (Wildman–Crippen MR) is 74.8 cm³/mol. The highest BCUT2D eigenvalue weighted by Gasteiger charge is 2.28. The zero-order valence-corrected chi connectivity index (χ0v) is 11.7. The zero-order chi connectivity index (χ0) is 12.3. The van der Waals surface area contributed by atoms with Gasteiger partial charge >= 0.3 is 0 Å². The summed E-state index contributed by atoms with van der Waals surface area (Å²) in [6.07, 6.45) is 5.16. The molecule has 0 radical (unpaired) electrons. The fraction of sp³-hybridized carbons (Fsp3) is 0.571. The summed E-state index contributed by atoms with van der Waals surface area (Å²) < 4.78 is 0. The molecule has 1 atom stereocenters. The van der Waals surface area contributed by atoms with Gasteiger partial charge in [0, 0.05) is 6.04 Å². The van der Waals surface area contributed by atoms with Gasteiger partial charge in [0.25, 0.3) is 0 Å². The Kier molecular flexibility index (Phi) is 4.72. The van der Waals surface area contributed by atoms with Crippen molar-refractivity contribution in [3.63, 3.8) is 0 Å². The summed E-state index contributed by atoms with van der Waals surface area (Å²) in [4.78, 5) is 0. The number of rotatable bonds is 5. The van der Waals surface area contributed by atoms with Gasteiger partial charge in [-0.3, -0.25) is 0 Å². The second kappa shape index (κ2) is 6.08. The molecule has 0 saturated heterocycles. The number of hydrogen-bond acceptors (Lipinski definition) is 1. The van der Waals surface area contributed by atoms with E-state index >= 15 is 0 Å². The van der Waals surface area contributed by atoms with Gasteiger partial charge in [-0.15, -0.1) is 0 Å². The van der Waals surface area contributed by atoms with E-state index in [1.54, 1.807) is 0 Å². The molecular weight excluding hydrogens is 253 g/mol. The summed E-state index contributed by atoms with van der Waals surface area (Å²) in [5, 5.41) is 4.93. The van der Waals surface area contributed by atoms with Crippen molar-refractivity contribution in [2.24, 2.45) is 5.92 Å². The lowest BCUT2D eigenvalue weighted by Crippen LogP contribution is -2.32. The smallest absolute Gasteiger partial charge is 0.0595 e. The second-order valence-electron chi connectivity index (χ2n) is 4.80. The Balaban J connectivity index is 2.15. The van der Waals surface area contributed by atoms with E-state index in [1.165, 1.54) is 24.8 Å². The van der Waals surface area contributed by atoms with Crippen LogP contribution in [0.15, 0.2) is 18.2 Å². The zero-order valence-electron chi connectivity index (χ0n) is 10.2. The van der Waals surface area contributed by atoms with E-state index in [1.807, 2.05) is 12.1 Å². The molecular formula is C14H19Cl2N. The third kappa shape index (κ3) is 3.15. The van der Waals surface area contributed by atoms with E-state index < -0.39 is 0 Å². The molecule has 94 valence electrons. The maximum absolute atomic E-state index is 6.10. The van der Waals surface area contributed by atoms with Crippen molar-refractivity contribution in [2.75, 3.05) is 6.54 Å². The van der Waals surface area contributed by atoms with Crippen LogP contribution in [0.2, 0.25) is 10.0 Å². The summed E-state index contributed by atoms with van der Waals surface area (Å²) in [6, 6.07) is 6.45. The lowest BCUT2D eigenvalue weighted by molar-refractivity contribution is 0.231. The Bertz CT molecular complexity index is 374. The van der Waals surface area contributed by atoms with Crippen molar-refractivity contribution >= 4 is 23.2 Å². The molecule has 1 N–H and O–H groups in total. The van der Waals surface area contributed by atoms with Crippen molar-refractivity contribution in [1.82, 2.24) is 5.32 Å². The summed E-state index contributed by atoms with van der Waals surface area (Å²) in [5.74, 6) is 0.763. The van der Waals surface area contributed by atoms with Gasteiger partial charge in [-0.2, -0.15) is 0 Å². The van der Waals surface area contributed by atoms with Gasteiger partial charge in [-0.1, -0.05) is 42.6 Å². The first kappa shape index (κ1) is 13.2. The molecule has 0 amide bonds. The van der Waals surface area contributed by atoms with Crippen LogP contribution >= 0.6 is 23.2 Å². The molecule has 1 saturated carbocycles. The van der Waals surface area contributed by atoms with Crippen LogP contribution in [0.25, 0.3) is 0 Å². The van der Waals surface area contributed by atoms with Crippen LogP contribution in [0.4, 0.5) is 0 Å². The fourth-order valence-electron chi connectivity index (χ4n) is 2.34. The maximum atomic E-state index is 6.10. The Morgan fingerprint density at radius 3 is 2.59 bits per heavy atom. The molecule has 0 aliphatic heterocycles. The molecule has 17 heavy (non-hydrogen) atoms. The van der Waals surface area contributed by atoms with Crippen LogP contribution in [-0.2, 0) is 0 Å². The van der Waals surface area contributed by atoms with Crippen molar-refractivity contribution in [2.45, 2.75) is 38.6 Å². The number of nitrogens with one attached hydrogen (secondary N) is 1. The first-order valence-corrected chi connectivity index (χ1v) is 7.16. The first-order valence-electron chi connectivity index (χ1n) is 6.40. The molecule has 0 heterocycles. The van der Waals surface area contributed by atoms with Crippen molar-refractivity contribution < 1.29 is 0 Å². The van der Waals surface area contributed by atoms with Gasteiger partial charge in [0.2, 0.25) is 0 Å². The van der Waals surface area contributed by atoms with Gasteiger partial charge in [-0.25, -0.2) is 0 Å². The average Bonchev–Trinajstić information content (AvgIpc) is 2.25. The van der Waals surface area contributed by atoms with Crippen molar-refractivity contribution in [3.05, 3.63) is 33.8 Å². The molecule has 0 bridgehead atoms. The average molecular weight is 272 g/mol. The standard InChI is InChI=1S/C14H19Cl2N/c1-2-8-17-14(10-4-3-5-10)11-6-7-12(15)13(16)9-11/h6-7,9-10,14,17H,2-5,8H2,1H3. The minimum Gasteiger partial charge on any atom is -0.310 e. The lowest BCUT2D eigenvalue weighted by Gasteiger charge is -2.35. The third-order valence-corrected chi connectivity index (χ3v) is 4.28. The van der Waals surface area contributed by atoms with Crippen molar-refractivity contribution in [3.8, 4) is 0 Å². The third-order valence-electron chi connectivity index (χ3n) is 3.54. The maximum Gasteiger partial charge on any atom is 0.0595 e. The van der Waals surface area contributed by atoms with Crippen LogP contribution < -0.4 is 5.32 Å². The summed E-state index contributed by atoms with van der Waals surface area (Å²) in [7, 11) is 0. The summed E-state index contributed by atoms with van der Waals surface area (Å²) >= 11 is 12.1. The largest absolute Gasteiger partial charge is 0.310 e. The molecule has 1 aromatic carbocycles. The van der Waals surface area contributed by atoms with E-state index in [2.05, 4.69) is 18.3 Å². The first-order chi connectivity index (χ1) is 8.22. The van der Waals surface area contributed by atoms with Gasteiger partial charge < -0.3 is 5.32 Å². The predicted octanol–water partition coefficient (Wildman–Crippen LogP) is 4.83. The normalized spacial score (nSPS) is 17.8. The van der Waals surface area contributed by atoms with E-state index in [-0.39, 0.29) is 0 Å². The molecule has 3 heteroatoms. The lowest BCUT2D eigenvalue weighted by atomic mass is 9.77. The molecule has 0 spiro atoms. The minimum atomic E-state index is 0.443. The molecule has 0 aromatic heterocycles. The molecule has 1 nitrogen and oxygen atoms in total. The fourth-order valence-corrected chi connectivity index (χ4v) is 2.64. The highest BCUT2D eigenvalue weighted by atomic mass is 35.5. The quantitative estimate of drug-likeness (QED) is 0.809. The SMILES string of the molecule is CCCNC(c1ccc(Cl)c(Cl)c1)C1CCC1. The monoisotopic (exact) mass is 271 g/mol. The highest BCUT2D eigenvalue weighted by molar-refractivity contribution is 6.42. The van der Waals surface area contributed by atoms with Crippen LogP contribution in [0.5, 0.6) is 0 Å². The van der Waals surface area contributed by atoms with E-state index in [0.29, 0.717) is 16.1 Å². The van der Waals surface area contributed by atoms with Crippen LogP contribution in [-0.4, -0.2) is 6.54 Å². The van der Waals surface area contributed by atoms with E-state index in [9.17, 15) is 0 Å². The summed E-state index contributed by atoms with van der Waals surface area (Å²) in [6.45, 7) is 3.25. The minimum absolute atomic E-state index is 0.443. The van der Waals surface area contributed by atoms with Crippen LogP contribution in [0.3, 0.4) is 0 Å². The molecule has 1 aliphatic rings. The van der Waals surface area contributed by atoms with Crippen LogP contribution in [0.1, 0.15) is 44.2 Å². The van der Waals surface area contributed by atoms with Crippen molar-refractivity contribution in [1.29, 1.82) is 0 Å². The molecule has 1 fully saturated rings. The summed E-state index contributed by atoms with van der Waals surface area (Å²) in [5.41, 5.74) is 1.28. The second-order valence-corrected chi connectivity index (χ2v) is 5.61. The number of hydrogen-bond donors (Lipinski definition) is 1. The highest BCUT2D eigenvalue weighted by Crippen LogP contribution is 2.39. The Hall–Kier alpha value is -0.240.